The maximum absolute atomic E-state index is 12.0. The predicted octanol–water partition coefficient (Wildman–Crippen LogP) is 2.63. The SMILES string of the molecule is COc1ccc2c(c1)c1c(n2C)C(C2(C(=O)O)CCC2)NCC1. The van der Waals surface area contributed by atoms with E-state index < -0.39 is 11.4 Å². The molecule has 1 aromatic carbocycles. The molecule has 0 radical (unpaired) electrons. The van der Waals surface area contributed by atoms with Gasteiger partial charge in [0.2, 0.25) is 0 Å². The van der Waals surface area contributed by atoms with Gasteiger partial charge in [0.05, 0.1) is 18.6 Å². The summed E-state index contributed by atoms with van der Waals surface area (Å²) < 4.78 is 7.54. The van der Waals surface area contributed by atoms with Crippen molar-refractivity contribution in [3.8, 4) is 5.75 Å². The van der Waals surface area contributed by atoms with Crippen molar-refractivity contribution in [2.24, 2.45) is 12.5 Å². The summed E-state index contributed by atoms with van der Waals surface area (Å²) in [6, 6.07) is 6.00. The van der Waals surface area contributed by atoms with E-state index in [1.807, 2.05) is 13.1 Å². The van der Waals surface area contributed by atoms with Gasteiger partial charge in [0.15, 0.2) is 0 Å². The summed E-state index contributed by atoms with van der Waals surface area (Å²) in [6.45, 7) is 0.822. The Morgan fingerprint density at radius 3 is 2.83 bits per heavy atom. The number of nitrogens with one attached hydrogen (secondary N) is 1. The minimum absolute atomic E-state index is 0.110. The molecule has 4 rings (SSSR count). The highest BCUT2D eigenvalue weighted by Crippen LogP contribution is 2.53. The number of rotatable bonds is 3. The number of carboxylic acid groups (broad SMARTS) is 1. The molecule has 1 atom stereocenters. The zero-order chi connectivity index (χ0) is 16.2. The molecule has 0 spiro atoms. The first kappa shape index (κ1) is 14.6. The number of nitrogens with zero attached hydrogens (tertiary/aromatic N) is 1. The second-order valence-electron chi connectivity index (χ2n) is 6.76. The van der Waals surface area contributed by atoms with Gasteiger partial charge in [0.1, 0.15) is 5.75 Å². The maximum atomic E-state index is 12.0. The molecule has 0 saturated heterocycles. The van der Waals surface area contributed by atoms with Gasteiger partial charge in [-0.1, -0.05) is 6.42 Å². The molecular formula is C18H22N2O3. The zero-order valence-corrected chi connectivity index (χ0v) is 13.6. The van der Waals surface area contributed by atoms with Crippen molar-refractivity contribution in [3.63, 3.8) is 0 Å². The van der Waals surface area contributed by atoms with E-state index in [2.05, 4.69) is 22.0 Å². The molecule has 2 aromatic rings. The van der Waals surface area contributed by atoms with Gasteiger partial charge in [0, 0.05) is 23.6 Å². The molecular weight excluding hydrogens is 292 g/mol. The van der Waals surface area contributed by atoms with E-state index >= 15 is 0 Å². The van der Waals surface area contributed by atoms with E-state index in [-0.39, 0.29) is 6.04 Å². The Morgan fingerprint density at radius 2 is 2.22 bits per heavy atom. The van der Waals surface area contributed by atoms with Crippen molar-refractivity contribution in [1.82, 2.24) is 9.88 Å². The lowest BCUT2D eigenvalue weighted by Gasteiger charge is -2.46. The van der Waals surface area contributed by atoms with Crippen LogP contribution in [0, 0.1) is 5.41 Å². The van der Waals surface area contributed by atoms with Crippen LogP contribution >= 0.6 is 0 Å². The number of methoxy groups -OCH3 is 1. The lowest BCUT2D eigenvalue weighted by molar-refractivity contribution is -0.158. The van der Waals surface area contributed by atoms with Crippen molar-refractivity contribution in [1.29, 1.82) is 0 Å². The van der Waals surface area contributed by atoms with Gasteiger partial charge in [-0.05, 0) is 49.6 Å². The van der Waals surface area contributed by atoms with Crippen LogP contribution in [0.25, 0.3) is 10.9 Å². The normalized spacial score (nSPS) is 22.4. The molecule has 1 aliphatic carbocycles. The number of fused-ring (bicyclic) bond motifs is 3. The summed E-state index contributed by atoms with van der Waals surface area (Å²) in [5.41, 5.74) is 2.91. The first-order valence-electron chi connectivity index (χ1n) is 8.20. The Hall–Kier alpha value is -2.01. The summed E-state index contributed by atoms with van der Waals surface area (Å²) in [5, 5.41) is 14.5. The summed E-state index contributed by atoms with van der Waals surface area (Å²) in [6.07, 6.45) is 3.43. The van der Waals surface area contributed by atoms with Crippen LogP contribution < -0.4 is 10.1 Å². The van der Waals surface area contributed by atoms with Crippen molar-refractivity contribution >= 4 is 16.9 Å². The van der Waals surface area contributed by atoms with Gasteiger partial charge in [0.25, 0.3) is 0 Å². The third-order valence-corrected chi connectivity index (χ3v) is 5.78. The molecule has 1 aliphatic heterocycles. The van der Waals surface area contributed by atoms with E-state index in [4.69, 9.17) is 4.74 Å². The highest BCUT2D eigenvalue weighted by Gasteiger charge is 2.53. The number of aromatic nitrogens is 1. The highest BCUT2D eigenvalue weighted by molar-refractivity contribution is 5.88. The monoisotopic (exact) mass is 314 g/mol. The number of aryl methyl sites for hydroxylation is 1. The quantitative estimate of drug-likeness (QED) is 0.914. The second-order valence-corrected chi connectivity index (χ2v) is 6.76. The topological polar surface area (TPSA) is 63.5 Å². The molecule has 122 valence electrons. The second kappa shape index (κ2) is 4.99. The van der Waals surface area contributed by atoms with E-state index in [9.17, 15) is 9.90 Å². The fourth-order valence-corrected chi connectivity index (χ4v) is 4.36. The molecule has 2 aliphatic rings. The molecule has 1 aromatic heterocycles. The molecule has 2 heterocycles. The first-order valence-corrected chi connectivity index (χ1v) is 8.20. The first-order chi connectivity index (χ1) is 11.1. The van der Waals surface area contributed by atoms with Crippen molar-refractivity contribution in [2.75, 3.05) is 13.7 Å². The van der Waals surface area contributed by atoms with Gasteiger partial charge in [-0.2, -0.15) is 0 Å². The molecule has 1 saturated carbocycles. The van der Waals surface area contributed by atoms with Crippen molar-refractivity contribution in [3.05, 3.63) is 29.5 Å². The maximum Gasteiger partial charge on any atom is 0.311 e. The minimum Gasteiger partial charge on any atom is -0.497 e. The Bertz CT molecular complexity index is 789. The molecule has 5 nitrogen and oxygen atoms in total. The van der Waals surface area contributed by atoms with Crippen LogP contribution in [0.5, 0.6) is 5.75 Å². The predicted molar refractivity (Wildman–Crippen MR) is 87.8 cm³/mol. The minimum atomic E-state index is -0.670. The van der Waals surface area contributed by atoms with Gasteiger partial charge in [-0.3, -0.25) is 4.79 Å². The smallest absolute Gasteiger partial charge is 0.311 e. The molecule has 5 heteroatoms. The van der Waals surface area contributed by atoms with E-state index in [0.717, 1.165) is 49.2 Å². The average molecular weight is 314 g/mol. The number of ether oxygens (including phenoxy) is 1. The number of hydrogen-bond acceptors (Lipinski definition) is 3. The number of carbonyl (C=O) groups is 1. The Kier molecular flexibility index (Phi) is 3.17. The van der Waals surface area contributed by atoms with E-state index in [1.165, 1.54) is 10.9 Å². The number of hydrogen-bond donors (Lipinski definition) is 2. The van der Waals surface area contributed by atoms with Crippen LogP contribution in [0.15, 0.2) is 18.2 Å². The summed E-state index contributed by atoms with van der Waals surface area (Å²) in [4.78, 5) is 12.0. The summed E-state index contributed by atoms with van der Waals surface area (Å²) in [7, 11) is 3.72. The van der Waals surface area contributed by atoms with Crippen LogP contribution in [0.4, 0.5) is 0 Å². The largest absolute Gasteiger partial charge is 0.497 e. The molecule has 0 amide bonds. The van der Waals surface area contributed by atoms with Gasteiger partial charge >= 0.3 is 5.97 Å². The van der Waals surface area contributed by atoms with E-state index in [1.54, 1.807) is 7.11 Å². The standard InChI is InChI=1S/C18H22N2O3/c1-20-14-5-4-11(23-2)10-13(14)12-6-9-19-16(15(12)20)18(17(21)22)7-3-8-18/h4-5,10,16,19H,3,6-9H2,1-2H3,(H,21,22). The molecule has 1 unspecified atom stereocenters. The molecule has 1 fully saturated rings. The summed E-state index contributed by atoms with van der Waals surface area (Å²) >= 11 is 0. The Balaban J connectivity index is 1.93. The van der Waals surface area contributed by atoms with Gasteiger partial charge < -0.3 is 19.7 Å². The average Bonchev–Trinajstić information content (AvgIpc) is 2.79. The van der Waals surface area contributed by atoms with Crippen LogP contribution in [-0.4, -0.2) is 29.3 Å². The molecule has 0 bridgehead atoms. The van der Waals surface area contributed by atoms with Gasteiger partial charge in [-0.25, -0.2) is 0 Å². The Labute approximate surface area is 135 Å². The van der Waals surface area contributed by atoms with Crippen LogP contribution in [-0.2, 0) is 18.3 Å². The third kappa shape index (κ3) is 1.86. The highest BCUT2D eigenvalue weighted by atomic mass is 16.5. The zero-order valence-electron chi connectivity index (χ0n) is 13.6. The van der Waals surface area contributed by atoms with Gasteiger partial charge in [-0.15, -0.1) is 0 Å². The van der Waals surface area contributed by atoms with Crippen LogP contribution in [0.1, 0.15) is 36.6 Å². The van der Waals surface area contributed by atoms with E-state index in [0.29, 0.717) is 0 Å². The third-order valence-electron chi connectivity index (χ3n) is 5.78. The lowest BCUT2D eigenvalue weighted by atomic mass is 9.62. The number of aliphatic carboxylic acids is 1. The summed E-state index contributed by atoms with van der Waals surface area (Å²) in [5.74, 6) is 0.175. The van der Waals surface area contributed by atoms with Crippen LogP contribution in [0.3, 0.4) is 0 Å². The Morgan fingerprint density at radius 1 is 1.43 bits per heavy atom. The van der Waals surface area contributed by atoms with Crippen LogP contribution in [0.2, 0.25) is 0 Å². The van der Waals surface area contributed by atoms with Crippen molar-refractivity contribution < 1.29 is 14.6 Å². The number of benzene rings is 1. The molecule has 2 N–H and O–H groups in total. The fraction of sp³-hybridized carbons (Fsp3) is 0.500. The van der Waals surface area contributed by atoms with Crippen molar-refractivity contribution in [2.45, 2.75) is 31.7 Å². The molecule has 23 heavy (non-hydrogen) atoms. The fourth-order valence-electron chi connectivity index (χ4n) is 4.36. The lowest BCUT2D eigenvalue weighted by Crippen LogP contribution is -2.51. The number of carboxylic acids is 1.